The molecule has 35 heavy (non-hydrogen) atoms. The van der Waals surface area contributed by atoms with Crippen LogP contribution in [0.4, 0.5) is 5.69 Å². The third kappa shape index (κ3) is 6.19. The molecule has 0 atom stereocenters. The second-order valence-corrected chi connectivity index (χ2v) is 9.68. The normalized spacial score (nSPS) is 11.2. The molecular weight excluding hydrogens is 492 g/mol. The first kappa shape index (κ1) is 26.2. The number of rotatable bonds is 9. The van der Waals surface area contributed by atoms with Gasteiger partial charge < -0.3 is 14.8 Å². The molecule has 8 nitrogen and oxygen atoms in total. The number of hydrogen-bond acceptors (Lipinski definition) is 6. The number of hydrogen-bond donors (Lipinski definition) is 1. The second kappa shape index (κ2) is 11.4. The number of ether oxygens (including phenoxy) is 2. The molecule has 0 aliphatic rings. The molecule has 0 aliphatic heterocycles. The lowest BCUT2D eigenvalue weighted by Crippen LogP contribution is -2.30. The van der Waals surface area contributed by atoms with E-state index >= 15 is 0 Å². The first-order valence-electron chi connectivity index (χ1n) is 10.8. The monoisotopic (exact) mass is 516 g/mol. The van der Waals surface area contributed by atoms with E-state index in [-0.39, 0.29) is 40.2 Å². The van der Waals surface area contributed by atoms with Crippen LogP contribution < -0.4 is 14.8 Å². The fourth-order valence-electron chi connectivity index (χ4n) is 3.28. The zero-order valence-corrected chi connectivity index (χ0v) is 21.0. The average Bonchev–Trinajstić information content (AvgIpc) is 2.85. The van der Waals surface area contributed by atoms with Gasteiger partial charge in [0, 0.05) is 30.4 Å². The highest BCUT2D eigenvalue weighted by molar-refractivity contribution is 7.89. The van der Waals surface area contributed by atoms with Crippen LogP contribution in [-0.2, 0) is 10.0 Å². The van der Waals surface area contributed by atoms with Crippen molar-refractivity contribution in [1.82, 2.24) is 4.31 Å². The number of anilines is 1. The Morgan fingerprint density at radius 2 is 1.63 bits per heavy atom. The van der Waals surface area contributed by atoms with E-state index in [1.54, 1.807) is 50.2 Å². The van der Waals surface area contributed by atoms with E-state index in [1.165, 1.54) is 41.7 Å². The number of carbonyl (C=O) groups is 2. The predicted octanol–water partition coefficient (Wildman–Crippen LogP) is 4.85. The highest BCUT2D eigenvalue weighted by atomic mass is 35.5. The molecule has 0 unspecified atom stereocenters. The molecule has 0 aromatic heterocycles. The van der Waals surface area contributed by atoms with Gasteiger partial charge >= 0.3 is 5.97 Å². The standard InChI is InChI=1S/C25H25ClN2O6S/c1-4-28(5-2)35(31,32)21-13-14-23(26)22(16-21)25(30)34-20-8-6-7-18(15-20)27-24(29)17-9-11-19(33-3)12-10-17/h6-16H,4-5H2,1-3H3,(H,27,29). The van der Waals surface area contributed by atoms with Crippen LogP contribution in [0.5, 0.6) is 11.5 Å². The van der Waals surface area contributed by atoms with Crippen molar-refractivity contribution in [2.24, 2.45) is 0 Å². The Hall–Kier alpha value is -3.40. The zero-order chi connectivity index (χ0) is 25.6. The van der Waals surface area contributed by atoms with Gasteiger partial charge in [-0.3, -0.25) is 4.79 Å². The minimum atomic E-state index is -3.79. The Kier molecular flexibility index (Phi) is 8.50. The van der Waals surface area contributed by atoms with E-state index in [2.05, 4.69) is 5.32 Å². The fourth-order valence-corrected chi connectivity index (χ4v) is 4.96. The van der Waals surface area contributed by atoms with Gasteiger partial charge in [-0.1, -0.05) is 31.5 Å². The van der Waals surface area contributed by atoms with Crippen LogP contribution in [0.3, 0.4) is 0 Å². The van der Waals surface area contributed by atoms with Crippen molar-refractivity contribution in [3.05, 3.63) is 82.9 Å². The highest BCUT2D eigenvalue weighted by Crippen LogP contribution is 2.26. The number of nitrogens with one attached hydrogen (secondary N) is 1. The van der Waals surface area contributed by atoms with Gasteiger partial charge in [0.15, 0.2) is 0 Å². The number of methoxy groups -OCH3 is 1. The average molecular weight is 517 g/mol. The molecule has 3 aromatic rings. The van der Waals surface area contributed by atoms with Crippen molar-refractivity contribution in [2.45, 2.75) is 18.7 Å². The van der Waals surface area contributed by atoms with Crippen LogP contribution in [0.15, 0.2) is 71.6 Å². The Balaban J connectivity index is 1.78. The third-order valence-electron chi connectivity index (χ3n) is 5.16. The third-order valence-corrected chi connectivity index (χ3v) is 7.53. The van der Waals surface area contributed by atoms with Crippen LogP contribution >= 0.6 is 11.6 Å². The van der Waals surface area contributed by atoms with Crippen molar-refractivity contribution in [3.63, 3.8) is 0 Å². The number of sulfonamides is 1. The van der Waals surface area contributed by atoms with Gasteiger partial charge in [0.2, 0.25) is 10.0 Å². The maximum atomic E-state index is 12.8. The lowest BCUT2D eigenvalue weighted by atomic mass is 10.2. The Morgan fingerprint density at radius 1 is 0.943 bits per heavy atom. The van der Waals surface area contributed by atoms with Crippen LogP contribution in [0.1, 0.15) is 34.6 Å². The molecule has 10 heteroatoms. The number of halogens is 1. The molecule has 3 rings (SSSR count). The largest absolute Gasteiger partial charge is 0.497 e. The molecule has 1 N–H and O–H groups in total. The molecule has 0 fully saturated rings. The maximum absolute atomic E-state index is 12.8. The first-order valence-corrected chi connectivity index (χ1v) is 12.6. The minimum absolute atomic E-state index is 0.0532. The second-order valence-electron chi connectivity index (χ2n) is 7.33. The van der Waals surface area contributed by atoms with Crippen LogP contribution in [-0.4, -0.2) is 44.8 Å². The SMILES string of the molecule is CCN(CC)S(=O)(=O)c1ccc(Cl)c(C(=O)Oc2cccc(NC(=O)c3ccc(OC)cc3)c2)c1. The summed E-state index contributed by atoms with van der Waals surface area (Å²) >= 11 is 6.17. The van der Waals surface area contributed by atoms with Crippen molar-refractivity contribution in [2.75, 3.05) is 25.5 Å². The van der Waals surface area contributed by atoms with Crippen LogP contribution in [0.2, 0.25) is 5.02 Å². The summed E-state index contributed by atoms with van der Waals surface area (Å²) in [5, 5.41) is 2.79. The number of esters is 1. The topological polar surface area (TPSA) is 102 Å². The lowest BCUT2D eigenvalue weighted by molar-refractivity contribution is 0.0734. The predicted molar refractivity (Wildman–Crippen MR) is 134 cm³/mol. The molecule has 0 bridgehead atoms. The molecule has 0 saturated heterocycles. The van der Waals surface area contributed by atoms with E-state index in [0.29, 0.717) is 17.0 Å². The maximum Gasteiger partial charge on any atom is 0.345 e. The molecule has 0 spiro atoms. The minimum Gasteiger partial charge on any atom is -0.497 e. The molecule has 0 heterocycles. The summed E-state index contributed by atoms with van der Waals surface area (Å²) < 4.78 is 37.4. The molecule has 0 radical (unpaired) electrons. The van der Waals surface area contributed by atoms with Crippen LogP contribution in [0, 0.1) is 0 Å². The number of amides is 1. The first-order chi connectivity index (χ1) is 16.7. The highest BCUT2D eigenvalue weighted by Gasteiger charge is 2.24. The molecule has 3 aromatic carbocycles. The summed E-state index contributed by atoms with van der Waals surface area (Å²) in [7, 11) is -2.25. The molecule has 1 amide bonds. The van der Waals surface area contributed by atoms with Gasteiger partial charge in [0.25, 0.3) is 5.91 Å². The summed E-state index contributed by atoms with van der Waals surface area (Å²) in [5.74, 6) is -0.405. The summed E-state index contributed by atoms with van der Waals surface area (Å²) in [6, 6.07) is 16.7. The van der Waals surface area contributed by atoms with Crippen molar-refractivity contribution >= 4 is 39.2 Å². The van der Waals surface area contributed by atoms with Gasteiger partial charge in [-0.05, 0) is 54.6 Å². The Labute approximate surface area is 209 Å². The number of carbonyl (C=O) groups excluding carboxylic acids is 2. The van der Waals surface area contributed by atoms with Gasteiger partial charge in [-0.15, -0.1) is 0 Å². The van der Waals surface area contributed by atoms with E-state index in [1.807, 2.05) is 0 Å². The van der Waals surface area contributed by atoms with Gasteiger partial charge in [-0.2, -0.15) is 4.31 Å². The quantitative estimate of drug-likeness (QED) is 0.322. The molecule has 184 valence electrons. The Bertz CT molecular complexity index is 1320. The van der Waals surface area contributed by atoms with Crippen LogP contribution in [0.25, 0.3) is 0 Å². The number of nitrogens with zero attached hydrogens (tertiary/aromatic N) is 1. The summed E-state index contributed by atoms with van der Waals surface area (Å²) in [6.45, 7) is 4.03. The summed E-state index contributed by atoms with van der Waals surface area (Å²) in [5.41, 5.74) is 0.735. The van der Waals surface area contributed by atoms with Gasteiger partial charge in [-0.25, -0.2) is 13.2 Å². The zero-order valence-electron chi connectivity index (χ0n) is 19.4. The fraction of sp³-hybridized carbons (Fsp3) is 0.200. The summed E-state index contributed by atoms with van der Waals surface area (Å²) in [4.78, 5) is 25.3. The van der Waals surface area contributed by atoms with Crippen molar-refractivity contribution < 1.29 is 27.5 Å². The summed E-state index contributed by atoms with van der Waals surface area (Å²) in [6.07, 6.45) is 0. The van der Waals surface area contributed by atoms with E-state index in [4.69, 9.17) is 21.1 Å². The molecule has 0 aliphatic carbocycles. The van der Waals surface area contributed by atoms with Gasteiger partial charge in [0.1, 0.15) is 11.5 Å². The van der Waals surface area contributed by atoms with E-state index < -0.39 is 16.0 Å². The van der Waals surface area contributed by atoms with Gasteiger partial charge in [0.05, 0.1) is 22.6 Å². The smallest absolute Gasteiger partial charge is 0.345 e. The van der Waals surface area contributed by atoms with Crippen molar-refractivity contribution in [3.8, 4) is 11.5 Å². The van der Waals surface area contributed by atoms with Crippen molar-refractivity contribution in [1.29, 1.82) is 0 Å². The van der Waals surface area contributed by atoms with E-state index in [9.17, 15) is 18.0 Å². The Morgan fingerprint density at radius 3 is 2.26 bits per heavy atom. The molecule has 0 saturated carbocycles. The number of benzene rings is 3. The van der Waals surface area contributed by atoms with E-state index in [0.717, 1.165) is 0 Å². The molecular formula is C25H25ClN2O6S. The lowest BCUT2D eigenvalue weighted by Gasteiger charge is -2.19.